The number of hydrogen-bond donors (Lipinski definition) is 1. The number of aromatic nitrogens is 1. The van der Waals surface area contributed by atoms with Crippen LogP contribution in [0.2, 0.25) is 0 Å². The zero-order valence-electron chi connectivity index (χ0n) is 9.03. The van der Waals surface area contributed by atoms with Crippen LogP contribution in [0.4, 0.5) is 5.69 Å². The monoisotopic (exact) mass is 212 g/mol. The summed E-state index contributed by atoms with van der Waals surface area (Å²) in [6.45, 7) is 0.836. The van der Waals surface area contributed by atoms with Crippen LogP contribution < -0.4 is 10.1 Å². The SMILES string of the molecule is COc1ccc2c(c1)-c1ccncc1CN2. The van der Waals surface area contributed by atoms with Gasteiger partial charge in [0.05, 0.1) is 7.11 Å². The first kappa shape index (κ1) is 9.21. The van der Waals surface area contributed by atoms with E-state index < -0.39 is 0 Å². The van der Waals surface area contributed by atoms with E-state index in [1.54, 1.807) is 7.11 Å². The number of nitrogens with one attached hydrogen (secondary N) is 1. The average molecular weight is 212 g/mol. The molecule has 0 radical (unpaired) electrons. The highest BCUT2D eigenvalue weighted by molar-refractivity contribution is 5.83. The lowest BCUT2D eigenvalue weighted by atomic mass is 9.96. The quantitative estimate of drug-likeness (QED) is 0.789. The van der Waals surface area contributed by atoms with Crippen molar-refractivity contribution in [2.24, 2.45) is 0 Å². The van der Waals surface area contributed by atoms with Crippen LogP contribution in [0.1, 0.15) is 5.56 Å². The molecule has 1 N–H and O–H groups in total. The Labute approximate surface area is 94.1 Å². The number of benzene rings is 1. The number of fused-ring (bicyclic) bond motifs is 3. The van der Waals surface area contributed by atoms with Crippen molar-refractivity contribution in [3.63, 3.8) is 0 Å². The van der Waals surface area contributed by atoms with Crippen LogP contribution in [0.5, 0.6) is 5.75 Å². The van der Waals surface area contributed by atoms with Gasteiger partial charge in [0.1, 0.15) is 5.75 Å². The molecule has 0 fully saturated rings. The van der Waals surface area contributed by atoms with Crippen molar-refractivity contribution in [1.29, 1.82) is 0 Å². The fraction of sp³-hybridized carbons (Fsp3) is 0.154. The average Bonchev–Trinajstić information content (AvgIpc) is 2.38. The Bertz CT molecular complexity index is 537. The molecule has 0 aliphatic carbocycles. The summed E-state index contributed by atoms with van der Waals surface area (Å²) in [5.41, 5.74) is 4.80. The Hall–Kier alpha value is -2.03. The molecule has 3 nitrogen and oxygen atoms in total. The van der Waals surface area contributed by atoms with E-state index in [0.717, 1.165) is 18.0 Å². The van der Waals surface area contributed by atoms with Crippen molar-refractivity contribution in [3.8, 4) is 16.9 Å². The fourth-order valence-electron chi connectivity index (χ4n) is 2.05. The maximum Gasteiger partial charge on any atom is 0.119 e. The summed E-state index contributed by atoms with van der Waals surface area (Å²) in [5.74, 6) is 0.880. The third-order valence-corrected chi connectivity index (χ3v) is 2.89. The van der Waals surface area contributed by atoms with Crippen molar-refractivity contribution >= 4 is 5.69 Å². The van der Waals surface area contributed by atoms with Gasteiger partial charge in [0.15, 0.2) is 0 Å². The van der Waals surface area contributed by atoms with E-state index in [0.29, 0.717) is 0 Å². The molecule has 16 heavy (non-hydrogen) atoms. The van der Waals surface area contributed by atoms with Crippen molar-refractivity contribution < 1.29 is 4.74 Å². The molecule has 0 atom stereocenters. The van der Waals surface area contributed by atoms with E-state index in [9.17, 15) is 0 Å². The minimum Gasteiger partial charge on any atom is -0.497 e. The normalized spacial score (nSPS) is 12.3. The topological polar surface area (TPSA) is 34.1 Å². The van der Waals surface area contributed by atoms with Crippen molar-refractivity contribution in [1.82, 2.24) is 4.98 Å². The van der Waals surface area contributed by atoms with Crippen molar-refractivity contribution in [2.75, 3.05) is 12.4 Å². The fourth-order valence-corrected chi connectivity index (χ4v) is 2.05. The van der Waals surface area contributed by atoms with E-state index in [4.69, 9.17) is 4.74 Å². The Morgan fingerprint density at radius 1 is 1.25 bits per heavy atom. The molecule has 1 aromatic heterocycles. The van der Waals surface area contributed by atoms with Crippen molar-refractivity contribution in [3.05, 3.63) is 42.2 Å². The molecular weight excluding hydrogens is 200 g/mol. The molecule has 1 aromatic carbocycles. The number of rotatable bonds is 1. The van der Waals surface area contributed by atoms with Crippen LogP contribution in [0.3, 0.4) is 0 Å². The first-order valence-corrected chi connectivity index (χ1v) is 5.23. The standard InChI is InChI=1S/C13H12N2O/c1-16-10-2-3-13-12(6-10)11-4-5-14-7-9(11)8-15-13/h2-7,15H,8H2,1H3. The lowest BCUT2D eigenvalue weighted by Crippen LogP contribution is -2.08. The highest BCUT2D eigenvalue weighted by Crippen LogP contribution is 2.37. The molecule has 0 spiro atoms. The first-order valence-electron chi connectivity index (χ1n) is 5.23. The Kier molecular flexibility index (Phi) is 2.03. The van der Waals surface area contributed by atoms with Crippen molar-refractivity contribution in [2.45, 2.75) is 6.54 Å². The summed E-state index contributed by atoms with van der Waals surface area (Å²) in [7, 11) is 1.69. The van der Waals surface area contributed by atoms with Gasteiger partial charge in [-0.1, -0.05) is 0 Å². The number of methoxy groups -OCH3 is 1. The molecule has 2 heterocycles. The third-order valence-electron chi connectivity index (χ3n) is 2.89. The predicted molar refractivity (Wildman–Crippen MR) is 63.6 cm³/mol. The van der Waals surface area contributed by atoms with Crippen LogP contribution >= 0.6 is 0 Å². The van der Waals surface area contributed by atoms with Crippen LogP contribution in [0.25, 0.3) is 11.1 Å². The molecule has 0 bridgehead atoms. The molecule has 0 unspecified atom stereocenters. The highest BCUT2D eigenvalue weighted by Gasteiger charge is 2.15. The number of nitrogens with zero attached hydrogens (tertiary/aromatic N) is 1. The highest BCUT2D eigenvalue weighted by atomic mass is 16.5. The van der Waals surface area contributed by atoms with Gasteiger partial charge in [0.25, 0.3) is 0 Å². The molecule has 1 aliphatic rings. The molecule has 3 rings (SSSR count). The van der Waals surface area contributed by atoms with E-state index in [1.165, 1.54) is 16.7 Å². The largest absolute Gasteiger partial charge is 0.497 e. The molecule has 80 valence electrons. The van der Waals surface area contributed by atoms with Gasteiger partial charge in [0.2, 0.25) is 0 Å². The summed E-state index contributed by atoms with van der Waals surface area (Å²) in [6.07, 6.45) is 3.73. The predicted octanol–water partition coefficient (Wildman–Crippen LogP) is 2.68. The Morgan fingerprint density at radius 2 is 2.19 bits per heavy atom. The molecule has 1 aliphatic heterocycles. The van der Waals surface area contributed by atoms with Gasteiger partial charge in [-0.25, -0.2) is 0 Å². The van der Waals surface area contributed by atoms with E-state index in [-0.39, 0.29) is 0 Å². The maximum atomic E-state index is 5.25. The number of hydrogen-bond acceptors (Lipinski definition) is 3. The summed E-state index contributed by atoms with van der Waals surface area (Å²) in [5, 5.41) is 3.37. The molecule has 0 saturated heterocycles. The second kappa shape index (κ2) is 3.52. The third kappa shape index (κ3) is 1.33. The number of anilines is 1. The summed E-state index contributed by atoms with van der Waals surface area (Å²) in [4.78, 5) is 4.14. The molecule has 0 saturated carbocycles. The zero-order valence-corrected chi connectivity index (χ0v) is 9.03. The minimum absolute atomic E-state index is 0.836. The first-order chi connectivity index (χ1) is 7.88. The zero-order chi connectivity index (χ0) is 11.0. The van der Waals surface area contributed by atoms with Gasteiger partial charge < -0.3 is 10.1 Å². The lowest BCUT2D eigenvalue weighted by Gasteiger charge is -2.21. The van der Waals surface area contributed by atoms with Gasteiger partial charge in [0, 0.05) is 30.2 Å². The van der Waals surface area contributed by atoms with E-state index >= 15 is 0 Å². The Balaban J connectivity index is 2.22. The summed E-state index contributed by atoms with van der Waals surface area (Å²) >= 11 is 0. The van der Waals surface area contributed by atoms with Gasteiger partial charge in [-0.05, 0) is 35.4 Å². The van der Waals surface area contributed by atoms with Gasteiger partial charge in [-0.2, -0.15) is 0 Å². The van der Waals surface area contributed by atoms with Gasteiger partial charge in [-0.3, -0.25) is 4.98 Å². The minimum atomic E-state index is 0.836. The summed E-state index contributed by atoms with van der Waals surface area (Å²) < 4.78 is 5.25. The number of pyridine rings is 1. The molecule has 3 heteroatoms. The Morgan fingerprint density at radius 3 is 3.06 bits per heavy atom. The van der Waals surface area contributed by atoms with E-state index in [2.05, 4.69) is 28.5 Å². The van der Waals surface area contributed by atoms with Crippen LogP contribution in [-0.4, -0.2) is 12.1 Å². The van der Waals surface area contributed by atoms with E-state index in [1.807, 2.05) is 18.5 Å². The molecule has 0 amide bonds. The molecular formula is C13H12N2O. The second-order valence-electron chi connectivity index (χ2n) is 3.80. The summed E-state index contributed by atoms with van der Waals surface area (Å²) in [6, 6.07) is 8.13. The molecule has 2 aromatic rings. The van der Waals surface area contributed by atoms with Crippen LogP contribution in [-0.2, 0) is 6.54 Å². The number of ether oxygens (including phenoxy) is 1. The van der Waals surface area contributed by atoms with Crippen LogP contribution in [0, 0.1) is 0 Å². The smallest absolute Gasteiger partial charge is 0.119 e. The second-order valence-corrected chi connectivity index (χ2v) is 3.80. The lowest BCUT2D eigenvalue weighted by molar-refractivity contribution is 0.415. The maximum absolute atomic E-state index is 5.25. The van der Waals surface area contributed by atoms with Crippen LogP contribution in [0.15, 0.2) is 36.7 Å². The van der Waals surface area contributed by atoms with Gasteiger partial charge in [-0.15, -0.1) is 0 Å². The van der Waals surface area contributed by atoms with Gasteiger partial charge >= 0.3 is 0 Å².